The molecule has 0 atom stereocenters. The molecule has 0 aliphatic rings. The Balaban J connectivity index is 1.71. The van der Waals surface area contributed by atoms with Gasteiger partial charge >= 0.3 is 0 Å². The van der Waals surface area contributed by atoms with Gasteiger partial charge in [-0.05, 0) is 69.9 Å². The molecule has 10 heteroatoms. The van der Waals surface area contributed by atoms with Crippen LogP contribution in [0.15, 0.2) is 71.7 Å². The van der Waals surface area contributed by atoms with Crippen molar-refractivity contribution >= 4 is 40.0 Å². The van der Waals surface area contributed by atoms with Crippen LogP contribution < -0.4 is 25.8 Å². The predicted octanol–water partition coefficient (Wildman–Crippen LogP) is 4.35. The molecule has 2 aromatic heterocycles. The Labute approximate surface area is 233 Å². The van der Waals surface area contributed by atoms with E-state index in [0.29, 0.717) is 34.4 Å². The summed E-state index contributed by atoms with van der Waals surface area (Å²) >= 11 is 0. The Morgan fingerprint density at radius 3 is 2.62 bits per heavy atom. The number of methoxy groups -OCH3 is 1. The van der Waals surface area contributed by atoms with E-state index in [9.17, 15) is 9.59 Å². The van der Waals surface area contributed by atoms with Crippen LogP contribution in [0.3, 0.4) is 0 Å². The number of aromatic nitrogens is 3. The molecule has 10 nitrogen and oxygen atoms in total. The number of nitrogens with zero attached hydrogens (tertiary/aromatic N) is 5. The van der Waals surface area contributed by atoms with Crippen LogP contribution in [-0.2, 0) is 4.79 Å². The largest absolute Gasteiger partial charge is 0.494 e. The predicted molar refractivity (Wildman–Crippen MR) is 161 cm³/mol. The van der Waals surface area contributed by atoms with Crippen molar-refractivity contribution in [3.05, 3.63) is 82.8 Å². The van der Waals surface area contributed by atoms with E-state index in [1.807, 2.05) is 46.3 Å². The van der Waals surface area contributed by atoms with E-state index in [4.69, 9.17) is 9.72 Å². The van der Waals surface area contributed by atoms with Gasteiger partial charge in [-0.1, -0.05) is 12.1 Å². The summed E-state index contributed by atoms with van der Waals surface area (Å²) in [5.41, 5.74) is 3.82. The van der Waals surface area contributed by atoms with Crippen molar-refractivity contribution in [3.63, 3.8) is 0 Å². The van der Waals surface area contributed by atoms with Crippen molar-refractivity contribution in [1.29, 1.82) is 0 Å². The highest BCUT2D eigenvalue weighted by Gasteiger charge is 2.14. The van der Waals surface area contributed by atoms with Gasteiger partial charge in [-0.3, -0.25) is 14.2 Å². The third kappa shape index (κ3) is 6.47. The van der Waals surface area contributed by atoms with Crippen LogP contribution in [0, 0.1) is 6.92 Å². The Bertz CT molecular complexity index is 1610. The molecule has 0 bridgehead atoms. The second-order valence-electron chi connectivity index (χ2n) is 9.71. The Hall–Kier alpha value is -4.70. The smallest absolute Gasteiger partial charge is 0.257 e. The van der Waals surface area contributed by atoms with Crippen LogP contribution in [-0.4, -0.2) is 66.7 Å². The summed E-state index contributed by atoms with van der Waals surface area (Å²) in [6.07, 6.45) is 4.80. The number of anilines is 4. The van der Waals surface area contributed by atoms with Gasteiger partial charge in [0.25, 0.3) is 5.56 Å². The molecule has 4 aromatic rings. The number of hydrogen-bond acceptors (Lipinski definition) is 8. The van der Waals surface area contributed by atoms with E-state index in [-0.39, 0.29) is 11.5 Å². The van der Waals surface area contributed by atoms with E-state index >= 15 is 0 Å². The van der Waals surface area contributed by atoms with Crippen molar-refractivity contribution in [2.75, 3.05) is 56.9 Å². The number of aryl methyl sites for hydroxylation is 1. The van der Waals surface area contributed by atoms with Gasteiger partial charge in [0.1, 0.15) is 5.75 Å². The SMILES string of the molecule is C/C=C/C(=O)Nc1cccc(-n2c(=O)cc(C)c3cnc(Nc4ccc(N(C)CCN(C)C)cc4OC)nc32)c1. The summed E-state index contributed by atoms with van der Waals surface area (Å²) in [5.74, 6) is 0.707. The molecule has 0 aliphatic heterocycles. The first-order chi connectivity index (χ1) is 19.2. The van der Waals surface area contributed by atoms with Gasteiger partial charge in [-0.15, -0.1) is 0 Å². The maximum absolute atomic E-state index is 13.2. The molecular weight excluding hydrogens is 506 g/mol. The maximum Gasteiger partial charge on any atom is 0.257 e. The summed E-state index contributed by atoms with van der Waals surface area (Å²) in [6, 6.07) is 14.5. The van der Waals surface area contributed by atoms with Crippen LogP contribution in [0.4, 0.5) is 23.0 Å². The number of carbonyl (C=O) groups excluding carboxylic acids is 1. The van der Waals surface area contributed by atoms with E-state index in [1.54, 1.807) is 56.6 Å². The Morgan fingerprint density at radius 2 is 1.90 bits per heavy atom. The average Bonchev–Trinajstić information content (AvgIpc) is 2.92. The van der Waals surface area contributed by atoms with Crippen LogP contribution in [0.2, 0.25) is 0 Å². The molecule has 0 saturated heterocycles. The van der Waals surface area contributed by atoms with Crippen LogP contribution in [0.1, 0.15) is 12.5 Å². The van der Waals surface area contributed by atoms with Crippen molar-refractivity contribution in [2.45, 2.75) is 13.8 Å². The average molecular weight is 542 g/mol. The summed E-state index contributed by atoms with van der Waals surface area (Å²) < 4.78 is 7.18. The lowest BCUT2D eigenvalue weighted by Crippen LogP contribution is -2.28. The topological polar surface area (TPSA) is 105 Å². The van der Waals surface area contributed by atoms with Gasteiger partial charge in [-0.25, -0.2) is 4.98 Å². The highest BCUT2D eigenvalue weighted by atomic mass is 16.5. The second-order valence-corrected chi connectivity index (χ2v) is 9.71. The van der Waals surface area contributed by atoms with Crippen molar-refractivity contribution in [1.82, 2.24) is 19.4 Å². The number of amides is 1. The van der Waals surface area contributed by atoms with Gasteiger partial charge in [0.2, 0.25) is 11.9 Å². The number of benzene rings is 2. The molecule has 0 aliphatic carbocycles. The molecule has 40 heavy (non-hydrogen) atoms. The first-order valence-corrected chi connectivity index (χ1v) is 12.9. The number of carbonyl (C=O) groups is 1. The van der Waals surface area contributed by atoms with Gasteiger partial charge in [0.15, 0.2) is 5.65 Å². The van der Waals surface area contributed by atoms with Gasteiger partial charge in [0.05, 0.1) is 18.5 Å². The first kappa shape index (κ1) is 28.3. The number of ether oxygens (including phenoxy) is 1. The zero-order valence-electron chi connectivity index (χ0n) is 23.7. The normalized spacial score (nSPS) is 11.3. The van der Waals surface area contributed by atoms with Crippen molar-refractivity contribution in [3.8, 4) is 11.4 Å². The molecule has 0 spiro atoms. The summed E-state index contributed by atoms with van der Waals surface area (Å²) in [7, 11) is 7.76. The summed E-state index contributed by atoms with van der Waals surface area (Å²) in [5, 5.41) is 6.79. The molecule has 1 amide bonds. The molecule has 0 unspecified atom stereocenters. The Morgan fingerprint density at radius 1 is 1.10 bits per heavy atom. The minimum Gasteiger partial charge on any atom is -0.494 e. The number of pyridine rings is 1. The third-order valence-corrected chi connectivity index (χ3v) is 6.41. The third-order valence-electron chi connectivity index (χ3n) is 6.41. The first-order valence-electron chi connectivity index (χ1n) is 12.9. The van der Waals surface area contributed by atoms with Crippen molar-refractivity contribution < 1.29 is 9.53 Å². The quantitative estimate of drug-likeness (QED) is 0.286. The lowest BCUT2D eigenvalue weighted by atomic mass is 10.2. The monoisotopic (exact) mass is 541 g/mol. The molecule has 2 N–H and O–H groups in total. The van der Waals surface area contributed by atoms with Crippen LogP contribution >= 0.6 is 0 Å². The number of likely N-dealkylation sites (N-methyl/N-ethyl adjacent to an activating group) is 2. The highest BCUT2D eigenvalue weighted by Crippen LogP contribution is 2.31. The summed E-state index contributed by atoms with van der Waals surface area (Å²) in [4.78, 5) is 38.8. The molecule has 0 radical (unpaired) electrons. The van der Waals surface area contributed by atoms with E-state index in [1.165, 1.54) is 10.6 Å². The lowest BCUT2D eigenvalue weighted by molar-refractivity contribution is -0.111. The number of nitrogens with one attached hydrogen (secondary N) is 2. The number of rotatable bonds is 10. The van der Waals surface area contributed by atoms with Crippen LogP contribution in [0.25, 0.3) is 16.7 Å². The van der Waals surface area contributed by atoms with Gasteiger partial charge in [0, 0.05) is 55.2 Å². The van der Waals surface area contributed by atoms with E-state index in [0.717, 1.165) is 29.7 Å². The minimum atomic E-state index is -0.251. The number of allylic oxidation sites excluding steroid dienone is 1. The molecule has 4 rings (SSSR count). The Kier molecular flexibility index (Phi) is 8.80. The second kappa shape index (κ2) is 12.4. The lowest BCUT2D eigenvalue weighted by Gasteiger charge is -2.23. The van der Waals surface area contributed by atoms with Gasteiger partial charge in [-0.2, -0.15) is 4.98 Å². The zero-order valence-corrected chi connectivity index (χ0v) is 23.7. The standard InChI is InChI=1S/C30H35N7O3/c1-7-9-27(38)32-21-10-8-11-23(17-21)37-28(39)16-20(2)24-19-31-30(34-29(24)37)33-25-13-12-22(18-26(25)40-6)36(5)15-14-35(3)4/h7-13,16-19H,14-15H2,1-6H3,(H,32,38)(H,31,33,34)/b9-7+. The molecule has 0 fully saturated rings. The van der Waals surface area contributed by atoms with E-state index < -0.39 is 0 Å². The number of fused-ring (bicyclic) bond motifs is 1. The minimum absolute atomic E-state index is 0.241. The molecule has 0 saturated carbocycles. The zero-order chi connectivity index (χ0) is 28.8. The highest BCUT2D eigenvalue weighted by molar-refractivity contribution is 5.99. The van der Waals surface area contributed by atoms with Crippen molar-refractivity contribution in [2.24, 2.45) is 0 Å². The van der Waals surface area contributed by atoms with Gasteiger partial charge < -0.3 is 25.2 Å². The van der Waals surface area contributed by atoms with Crippen LogP contribution in [0.5, 0.6) is 5.75 Å². The number of hydrogen-bond donors (Lipinski definition) is 2. The fourth-order valence-electron chi connectivity index (χ4n) is 4.24. The fourth-order valence-corrected chi connectivity index (χ4v) is 4.24. The molecule has 2 heterocycles. The summed E-state index contributed by atoms with van der Waals surface area (Å²) in [6.45, 7) is 5.42. The molecule has 2 aromatic carbocycles. The fraction of sp³-hybridized carbons (Fsp3) is 0.267. The van der Waals surface area contributed by atoms with E-state index in [2.05, 4.69) is 25.4 Å². The maximum atomic E-state index is 13.2. The molecule has 208 valence electrons. The molecular formula is C30H35N7O3.